The summed E-state index contributed by atoms with van der Waals surface area (Å²) in [4.78, 5) is 25.2. The number of hydrogen-bond donors (Lipinski definition) is 6. The van der Waals surface area contributed by atoms with Crippen LogP contribution in [0.5, 0.6) is 0 Å². The van der Waals surface area contributed by atoms with Crippen LogP contribution in [0.2, 0.25) is 0 Å². The molecular weight excluding hydrogens is 480 g/mol. The van der Waals surface area contributed by atoms with Gasteiger partial charge in [0.2, 0.25) is 0 Å². The summed E-state index contributed by atoms with van der Waals surface area (Å²) < 4.78 is 0. The lowest BCUT2D eigenvalue weighted by Crippen LogP contribution is -2.48. The fraction of sp³-hybridized carbons (Fsp3) is 0.333. The molecule has 4 amide bonds. The number of benzene rings is 3. The first kappa shape index (κ1) is 28.7. The molecule has 0 saturated carbocycles. The minimum absolute atomic E-state index is 0.0804. The van der Waals surface area contributed by atoms with E-state index in [4.69, 9.17) is 0 Å². The van der Waals surface area contributed by atoms with E-state index in [-0.39, 0.29) is 13.1 Å². The number of carbonyl (C=O) groups excluding carboxylic acids is 2. The van der Waals surface area contributed by atoms with E-state index in [1.165, 1.54) is 0 Å². The topological polar surface area (TPSA) is 123 Å². The fourth-order valence-corrected chi connectivity index (χ4v) is 4.06. The van der Waals surface area contributed by atoms with Crippen LogP contribution in [0, 0.1) is 0 Å². The highest BCUT2D eigenvalue weighted by molar-refractivity contribution is 5.75. The molecule has 3 aromatic carbocycles. The third-order valence-electron chi connectivity index (χ3n) is 6.44. The molecule has 0 aliphatic heterocycles. The molecule has 0 unspecified atom stereocenters. The van der Waals surface area contributed by atoms with Crippen molar-refractivity contribution in [1.29, 1.82) is 0 Å². The van der Waals surface area contributed by atoms with Gasteiger partial charge in [0.25, 0.3) is 0 Å². The van der Waals surface area contributed by atoms with Crippen LogP contribution in [0.15, 0.2) is 84.9 Å². The van der Waals surface area contributed by atoms with Crippen LogP contribution in [-0.4, -0.2) is 35.4 Å². The maximum atomic E-state index is 12.6. The molecule has 3 rings (SSSR count). The lowest BCUT2D eigenvalue weighted by molar-refractivity contribution is 0.171. The Bertz CT molecular complexity index is 1110. The van der Waals surface area contributed by atoms with Gasteiger partial charge >= 0.3 is 12.1 Å². The molecule has 8 heteroatoms. The highest BCUT2D eigenvalue weighted by Gasteiger charge is 2.28. The number of aliphatic hydroxyl groups excluding tert-OH is 2. The lowest BCUT2D eigenvalue weighted by atomic mass is 9.87. The van der Waals surface area contributed by atoms with Gasteiger partial charge in [-0.15, -0.1) is 0 Å². The predicted octanol–water partition coefficient (Wildman–Crippen LogP) is 4.22. The zero-order chi connectivity index (χ0) is 27.8. The molecule has 0 spiro atoms. The summed E-state index contributed by atoms with van der Waals surface area (Å²) in [5.74, 6) is 0. The quantitative estimate of drug-likeness (QED) is 0.241. The highest BCUT2D eigenvalue weighted by atomic mass is 16.3. The molecule has 2 atom stereocenters. The summed E-state index contributed by atoms with van der Waals surface area (Å²) in [7, 11) is 0. The van der Waals surface area contributed by atoms with Gasteiger partial charge in [-0.2, -0.15) is 0 Å². The van der Waals surface area contributed by atoms with Gasteiger partial charge in [0.1, 0.15) is 0 Å². The summed E-state index contributed by atoms with van der Waals surface area (Å²) >= 11 is 0. The van der Waals surface area contributed by atoms with E-state index in [2.05, 4.69) is 21.3 Å². The zero-order valence-corrected chi connectivity index (χ0v) is 22.4. The second kappa shape index (κ2) is 12.6. The van der Waals surface area contributed by atoms with Crippen LogP contribution >= 0.6 is 0 Å². The van der Waals surface area contributed by atoms with Crippen molar-refractivity contribution in [3.8, 4) is 0 Å². The Balaban J connectivity index is 1.57. The first-order valence-electron chi connectivity index (χ1n) is 12.7. The Hall–Kier alpha value is -3.88. The maximum absolute atomic E-state index is 12.6. The van der Waals surface area contributed by atoms with Crippen molar-refractivity contribution in [2.45, 2.75) is 51.0 Å². The van der Waals surface area contributed by atoms with Gasteiger partial charge in [-0.25, -0.2) is 9.59 Å². The number of hydrogen-bond acceptors (Lipinski definition) is 4. The normalized spacial score (nSPS) is 13.2. The number of carbonyl (C=O) groups is 2. The van der Waals surface area contributed by atoms with Crippen molar-refractivity contribution < 1.29 is 19.8 Å². The number of aliphatic hydroxyl groups is 2. The van der Waals surface area contributed by atoms with E-state index in [0.717, 1.165) is 22.3 Å². The zero-order valence-electron chi connectivity index (χ0n) is 22.4. The fourth-order valence-electron chi connectivity index (χ4n) is 4.06. The Labute approximate surface area is 224 Å². The van der Waals surface area contributed by atoms with Gasteiger partial charge in [0.15, 0.2) is 0 Å². The van der Waals surface area contributed by atoms with Gasteiger partial charge < -0.3 is 31.5 Å². The van der Waals surface area contributed by atoms with Gasteiger partial charge in [0.05, 0.1) is 23.3 Å². The van der Waals surface area contributed by atoms with Crippen molar-refractivity contribution in [3.63, 3.8) is 0 Å². The summed E-state index contributed by atoms with van der Waals surface area (Å²) in [6, 6.07) is 25.2. The smallest absolute Gasteiger partial charge is 0.315 e. The number of amides is 4. The largest absolute Gasteiger partial charge is 0.387 e. The number of nitrogens with one attached hydrogen (secondary N) is 4. The summed E-state index contributed by atoms with van der Waals surface area (Å²) in [6.07, 6.45) is -1.61. The van der Waals surface area contributed by atoms with Crippen LogP contribution in [0.4, 0.5) is 9.59 Å². The number of rotatable bonds is 10. The molecule has 0 aliphatic carbocycles. The molecule has 0 radical (unpaired) electrons. The van der Waals surface area contributed by atoms with E-state index in [1.807, 2.05) is 88.4 Å². The standard InChI is InChI=1S/C30H38N4O4/c1-29(2,33-27(37)31-19-25(35)21-12-7-5-8-13-21)23-16-11-17-24(18-23)30(3,4)34-28(38)32-20-26(36)22-14-9-6-10-15-22/h5-18,25-26,35-36H,19-20H2,1-4H3,(H2,31,33,37)(H2,32,34,38)/t25-,26+. The Morgan fingerprint density at radius 3 is 1.37 bits per heavy atom. The van der Waals surface area contributed by atoms with E-state index in [0.29, 0.717) is 0 Å². The Kier molecular flexibility index (Phi) is 9.50. The van der Waals surface area contributed by atoms with Gasteiger partial charge in [-0.3, -0.25) is 0 Å². The molecule has 0 aliphatic rings. The molecule has 3 aromatic rings. The molecule has 6 N–H and O–H groups in total. The molecule has 0 heterocycles. The average molecular weight is 519 g/mol. The van der Waals surface area contributed by atoms with Gasteiger partial charge in [-0.05, 0) is 49.9 Å². The predicted molar refractivity (Wildman–Crippen MR) is 148 cm³/mol. The average Bonchev–Trinajstić information content (AvgIpc) is 2.91. The van der Waals surface area contributed by atoms with E-state index in [1.54, 1.807) is 24.3 Å². The van der Waals surface area contributed by atoms with Crippen LogP contribution in [0.1, 0.15) is 62.2 Å². The van der Waals surface area contributed by atoms with E-state index >= 15 is 0 Å². The Morgan fingerprint density at radius 1 is 0.632 bits per heavy atom. The van der Waals surface area contributed by atoms with Crippen LogP contribution < -0.4 is 21.3 Å². The van der Waals surface area contributed by atoms with Gasteiger partial charge in [0, 0.05) is 13.1 Å². The van der Waals surface area contributed by atoms with Crippen LogP contribution in [0.3, 0.4) is 0 Å². The third kappa shape index (κ3) is 8.06. The first-order valence-corrected chi connectivity index (χ1v) is 12.7. The molecule has 0 bridgehead atoms. The molecule has 8 nitrogen and oxygen atoms in total. The minimum Gasteiger partial charge on any atom is -0.387 e. The maximum Gasteiger partial charge on any atom is 0.315 e. The molecule has 0 aromatic heterocycles. The van der Waals surface area contributed by atoms with E-state index < -0.39 is 35.3 Å². The Morgan fingerprint density at radius 2 is 1.00 bits per heavy atom. The summed E-state index contributed by atoms with van der Waals surface area (Å²) in [6.45, 7) is 7.71. The molecule has 0 saturated heterocycles. The van der Waals surface area contributed by atoms with Gasteiger partial charge in [-0.1, -0.05) is 84.9 Å². The molecule has 38 heavy (non-hydrogen) atoms. The van der Waals surface area contributed by atoms with Crippen LogP contribution in [-0.2, 0) is 11.1 Å². The number of urea groups is 2. The van der Waals surface area contributed by atoms with Crippen molar-refractivity contribution in [2.24, 2.45) is 0 Å². The molecule has 0 fully saturated rings. The lowest BCUT2D eigenvalue weighted by Gasteiger charge is -2.31. The monoisotopic (exact) mass is 518 g/mol. The third-order valence-corrected chi connectivity index (χ3v) is 6.44. The summed E-state index contributed by atoms with van der Waals surface area (Å²) in [5.41, 5.74) is 1.71. The summed E-state index contributed by atoms with van der Waals surface area (Å²) in [5, 5.41) is 32.0. The first-order chi connectivity index (χ1) is 18.0. The molecular formula is C30H38N4O4. The van der Waals surface area contributed by atoms with Crippen molar-refractivity contribution in [3.05, 3.63) is 107 Å². The van der Waals surface area contributed by atoms with Crippen molar-refractivity contribution >= 4 is 12.1 Å². The molecule has 202 valence electrons. The van der Waals surface area contributed by atoms with Crippen molar-refractivity contribution in [2.75, 3.05) is 13.1 Å². The van der Waals surface area contributed by atoms with E-state index in [9.17, 15) is 19.8 Å². The second-order valence-corrected chi connectivity index (χ2v) is 10.4. The SMILES string of the molecule is CC(C)(NC(=O)NC[C@@H](O)c1ccccc1)c1cccc(C(C)(C)NC(=O)NC[C@H](O)c2ccccc2)c1. The highest BCUT2D eigenvalue weighted by Crippen LogP contribution is 2.26. The second-order valence-electron chi connectivity index (χ2n) is 10.4. The van der Waals surface area contributed by atoms with Crippen molar-refractivity contribution in [1.82, 2.24) is 21.3 Å². The minimum atomic E-state index is -0.805. The van der Waals surface area contributed by atoms with Crippen LogP contribution in [0.25, 0.3) is 0 Å².